The van der Waals surface area contributed by atoms with E-state index >= 15 is 0 Å². The second-order valence-electron chi connectivity index (χ2n) is 8.39. The number of aryl methyl sites for hydroxylation is 1. The fraction of sp³-hybridized carbons (Fsp3) is 0.524. The smallest absolute Gasteiger partial charge is 0.404 e. The van der Waals surface area contributed by atoms with E-state index in [1.807, 2.05) is 6.07 Å². The molecule has 4 N–H and O–H groups in total. The van der Waals surface area contributed by atoms with E-state index in [9.17, 15) is 18.0 Å². The van der Waals surface area contributed by atoms with Crippen LogP contribution < -0.4 is 10.6 Å². The van der Waals surface area contributed by atoms with Crippen LogP contribution in [0.3, 0.4) is 0 Å². The average molecular weight is 464 g/mol. The van der Waals surface area contributed by atoms with E-state index < -0.39 is 15.9 Å². The highest BCUT2D eigenvalue weighted by atomic mass is 32.2. The predicted molar refractivity (Wildman–Crippen MR) is 118 cm³/mol. The second kappa shape index (κ2) is 10.1. The molecule has 0 spiro atoms. The number of nitrogens with one attached hydrogen (secondary N) is 3. The van der Waals surface area contributed by atoms with Crippen molar-refractivity contribution in [1.29, 1.82) is 0 Å². The third kappa shape index (κ3) is 6.52. The van der Waals surface area contributed by atoms with Gasteiger partial charge in [-0.25, -0.2) is 13.2 Å². The number of amides is 2. The number of H-pyrrole nitrogens is 1. The number of hydrogen-bond acceptors (Lipinski definition) is 6. The van der Waals surface area contributed by atoms with E-state index in [0.717, 1.165) is 44.1 Å². The lowest BCUT2D eigenvalue weighted by Crippen LogP contribution is -2.22. The Bertz CT molecular complexity index is 1080. The molecule has 0 aromatic carbocycles. The number of carbonyl (C=O) groups is 2. The third-order valence-corrected chi connectivity index (χ3v) is 6.91. The van der Waals surface area contributed by atoms with Gasteiger partial charge >= 0.3 is 6.09 Å². The van der Waals surface area contributed by atoms with Gasteiger partial charge in [0.05, 0.1) is 11.3 Å². The van der Waals surface area contributed by atoms with Gasteiger partial charge in [0.1, 0.15) is 0 Å². The highest BCUT2D eigenvalue weighted by molar-refractivity contribution is 7.90. The molecule has 2 aromatic rings. The van der Waals surface area contributed by atoms with E-state index in [1.54, 1.807) is 13.0 Å². The molecule has 1 fully saturated rings. The highest BCUT2D eigenvalue weighted by Crippen LogP contribution is 2.40. The molecule has 11 heteroatoms. The topological polar surface area (TPSA) is 154 Å². The Morgan fingerprint density at radius 1 is 1.28 bits per heavy atom. The first-order valence-corrected chi connectivity index (χ1v) is 12.5. The molecular weight excluding hydrogens is 434 g/mol. The van der Waals surface area contributed by atoms with Crippen LogP contribution in [0.5, 0.6) is 0 Å². The molecule has 0 saturated heterocycles. The van der Waals surface area contributed by atoms with Gasteiger partial charge in [0.25, 0.3) is 0 Å². The van der Waals surface area contributed by atoms with Crippen LogP contribution in [0.15, 0.2) is 23.2 Å². The van der Waals surface area contributed by atoms with E-state index in [4.69, 9.17) is 5.11 Å². The monoisotopic (exact) mass is 463 g/mol. The number of carboxylic acid groups (broad SMARTS) is 1. The maximum absolute atomic E-state index is 12.5. The summed E-state index contributed by atoms with van der Waals surface area (Å²) in [6.07, 6.45) is 6.18. The second-order valence-corrected chi connectivity index (χ2v) is 10.4. The Labute approximate surface area is 187 Å². The van der Waals surface area contributed by atoms with Crippen molar-refractivity contribution in [2.45, 2.75) is 56.3 Å². The third-order valence-electron chi connectivity index (χ3n) is 5.75. The Hall–Kier alpha value is -2.95. The van der Waals surface area contributed by atoms with Crippen molar-refractivity contribution in [2.24, 2.45) is 5.92 Å². The number of nitrogens with zero attached hydrogens (tertiary/aromatic N) is 2. The van der Waals surface area contributed by atoms with Gasteiger partial charge in [0.2, 0.25) is 5.91 Å². The summed E-state index contributed by atoms with van der Waals surface area (Å²) in [7, 11) is -3.49. The van der Waals surface area contributed by atoms with E-state index in [0.29, 0.717) is 35.5 Å². The normalized spacial score (nSPS) is 18.4. The number of sulfone groups is 1. The molecule has 0 bridgehead atoms. The summed E-state index contributed by atoms with van der Waals surface area (Å²) in [5, 5.41) is 20.9. The number of anilines is 1. The minimum absolute atomic E-state index is 0.0523. The molecular formula is C21H29N5O5S. The standard InChI is InChI=1S/C21H29N5O5S/c1-13-8-16(18(12-23-13)32(2,30)31)10-20(27)24-19-11-17(25-26-19)15-6-5-14(9-15)4-3-7-22-21(28)29/h8,11-12,14-15,22H,3-7,9-10H2,1-2H3,(H,28,29)(H2,24,25,26,27)/t14-,15-/m0/s1. The zero-order valence-corrected chi connectivity index (χ0v) is 19.0. The van der Waals surface area contributed by atoms with Crippen molar-refractivity contribution in [3.63, 3.8) is 0 Å². The lowest BCUT2D eigenvalue weighted by molar-refractivity contribution is -0.115. The van der Waals surface area contributed by atoms with Gasteiger partial charge < -0.3 is 15.7 Å². The molecule has 1 saturated carbocycles. The van der Waals surface area contributed by atoms with Crippen LogP contribution in [0.25, 0.3) is 0 Å². The fourth-order valence-electron chi connectivity index (χ4n) is 4.25. The van der Waals surface area contributed by atoms with Crippen LogP contribution in [-0.4, -0.2) is 53.5 Å². The first kappa shape index (κ1) is 23.7. The summed E-state index contributed by atoms with van der Waals surface area (Å²) in [5.74, 6) is 0.922. The molecule has 1 aliphatic carbocycles. The first-order chi connectivity index (χ1) is 15.1. The maximum atomic E-state index is 12.5. The number of rotatable bonds is 9. The number of carbonyl (C=O) groups excluding carboxylic acids is 1. The van der Waals surface area contributed by atoms with Crippen molar-refractivity contribution in [3.05, 3.63) is 35.3 Å². The molecule has 0 aliphatic heterocycles. The van der Waals surface area contributed by atoms with Crippen molar-refractivity contribution in [1.82, 2.24) is 20.5 Å². The fourth-order valence-corrected chi connectivity index (χ4v) is 5.10. The Morgan fingerprint density at radius 3 is 2.78 bits per heavy atom. The van der Waals surface area contributed by atoms with Crippen LogP contribution in [-0.2, 0) is 21.1 Å². The van der Waals surface area contributed by atoms with Gasteiger partial charge in [-0.15, -0.1) is 0 Å². The van der Waals surface area contributed by atoms with E-state index in [2.05, 4.69) is 25.8 Å². The zero-order chi connectivity index (χ0) is 23.3. The Balaban J connectivity index is 1.54. The lowest BCUT2D eigenvalue weighted by atomic mass is 9.98. The van der Waals surface area contributed by atoms with Crippen molar-refractivity contribution < 1.29 is 23.1 Å². The Kier molecular flexibility index (Phi) is 7.49. The van der Waals surface area contributed by atoms with Gasteiger partial charge in [0.15, 0.2) is 15.7 Å². The summed E-state index contributed by atoms with van der Waals surface area (Å²) < 4.78 is 24.0. The van der Waals surface area contributed by atoms with E-state index in [-0.39, 0.29) is 17.2 Å². The van der Waals surface area contributed by atoms with Crippen LogP contribution >= 0.6 is 0 Å². The van der Waals surface area contributed by atoms with Gasteiger partial charge in [0, 0.05) is 42.4 Å². The largest absolute Gasteiger partial charge is 0.465 e. The van der Waals surface area contributed by atoms with Crippen molar-refractivity contribution >= 4 is 27.7 Å². The minimum Gasteiger partial charge on any atom is -0.465 e. The van der Waals surface area contributed by atoms with Gasteiger partial charge in [-0.2, -0.15) is 5.10 Å². The van der Waals surface area contributed by atoms with Crippen LogP contribution in [0, 0.1) is 12.8 Å². The van der Waals surface area contributed by atoms with E-state index in [1.165, 1.54) is 6.20 Å². The summed E-state index contributed by atoms with van der Waals surface area (Å²) in [5.41, 5.74) is 2.00. The molecule has 2 amide bonds. The molecule has 174 valence electrons. The van der Waals surface area contributed by atoms with Crippen molar-refractivity contribution in [3.8, 4) is 0 Å². The molecule has 2 heterocycles. The summed E-state index contributed by atoms with van der Waals surface area (Å²) >= 11 is 0. The zero-order valence-electron chi connectivity index (χ0n) is 18.2. The number of pyridine rings is 1. The molecule has 2 atom stereocenters. The Morgan fingerprint density at radius 2 is 2.06 bits per heavy atom. The summed E-state index contributed by atoms with van der Waals surface area (Å²) in [6.45, 7) is 2.21. The quantitative estimate of drug-likeness (QED) is 0.417. The lowest BCUT2D eigenvalue weighted by Gasteiger charge is -2.10. The van der Waals surface area contributed by atoms with Crippen LogP contribution in [0.2, 0.25) is 0 Å². The molecule has 0 radical (unpaired) electrons. The molecule has 32 heavy (non-hydrogen) atoms. The summed E-state index contributed by atoms with van der Waals surface area (Å²) in [4.78, 5) is 27.1. The first-order valence-electron chi connectivity index (χ1n) is 10.6. The van der Waals surface area contributed by atoms with Gasteiger partial charge in [-0.05, 0) is 56.6 Å². The van der Waals surface area contributed by atoms with Crippen LogP contribution in [0.4, 0.5) is 10.6 Å². The average Bonchev–Trinajstić information content (AvgIpc) is 3.33. The summed E-state index contributed by atoms with van der Waals surface area (Å²) in [6, 6.07) is 3.43. The number of aromatic nitrogens is 3. The van der Waals surface area contributed by atoms with Crippen molar-refractivity contribution in [2.75, 3.05) is 18.1 Å². The molecule has 3 rings (SSSR count). The number of aromatic amines is 1. The molecule has 0 unspecified atom stereocenters. The predicted octanol–water partition coefficient (Wildman–Crippen LogP) is 2.63. The highest BCUT2D eigenvalue weighted by Gasteiger charge is 2.27. The van der Waals surface area contributed by atoms with Crippen LogP contribution in [0.1, 0.15) is 55.0 Å². The maximum Gasteiger partial charge on any atom is 0.404 e. The SMILES string of the molecule is Cc1cc(CC(=O)Nc2cc([C@H]3CC[C@H](CCCNC(=O)O)C3)[nH]n2)c(S(C)(=O)=O)cn1. The molecule has 2 aromatic heterocycles. The minimum atomic E-state index is -3.49. The van der Waals surface area contributed by atoms with Gasteiger partial charge in [-0.1, -0.05) is 0 Å². The molecule has 1 aliphatic rings. The van der Waals surface area contributed by atoms with Gasteiger partial charge in [-0.3, -0.25) is 14.9 Å². The number of hydrogen-bond donors (Lipinski definition) is 4. The molecule has 10 nitrogen and oxygen atoms in total.